The van der Waals surface area contributed by atoms with Crippen LogP contribution in [0.4, 0.5) is 10.8 Å². The molecule has 1 aliphatic heterocycles. The van der Waals surface area contributed by atoms with Crippen molar-refractivity contribution < 1.29 is 4.79 Å². The highest BCUT2D eigenvalue weighted by Gasteiger charge is 2.26. The number of piperidine rings is 1. The molecule has 2 aromatic carbocycles. The molecule has 0 spiro atoms. The summed E-state index contributed by atoms with van der Waals surface area (Å²) in [5, 5.41) is 4.13. The van der Waals surface area contributed by atoms with Crippen molar-refractivity contribution in [3.05, 3.63) is 48.5 Å². The number of para-hydroxylation sites is 1. The summed E-state index contributed by atoms with van der Waals surface area (Å²) >= 11 is 3.43. The monoisotopic (exact) mass is 383 g/mol. The molecule has 1 aromatic heterocycles. The Morgan fingerprint density at radius 1 is 1.15 bits per heavy atom. The molecule has 0 aliphatic carbocycles. The summed E-state index contributed by atoms with van der Waals surface area (Å²) in [6.07, 6.45) is 3.78. The van der Waals surface area contributed by atoms with Crippen LogP contribution in [-0.4, -0.2) is 30.2 Å². The zero-order chi connectivity index (χ0) is 17.9. The number of aromatic nitrogens is 1. The second kappa shape index (κ2) is 7.68. The van der Waals surface area contributed by atoms with Gasteiger partial charge >= 0.3 is 0 Å². The first kappa shape index (κ1) is 17.4. The number of thiazole rings is 1. The van der Waals surface area contributed by atoms with Gasteiger partial charge in [-0.25, -0.2) is 4.98 Å². The topological polar surface area (TPSA) is 45.2 Å². The fourth-order valence-electron chi connectivity index (χ4n) is 3.25. The van der Waals surface area contributed by atoms with Crippen LogP contribution in [0.5, 0.6) is 0 Å². The molecule has 2 heterocycles. The van der Waals surface area contributed by atoms with E-state index in [1.807, 2.05) is 42.7 Å². The van der Waals surface area contributed by atoms with E-state index in [-0.39, 0.29) is 11.8 Å². The quantitative estimate of drug-likeness (QED) is 0.653. The lowest BCUT2D eigenvalue weighted by atomic mass is 9.96. The van der Waals surface area contributed by atoms with Gasteiger partial charge in [0.1, 0.15) is 0 Å². The Morgan fingerprint density at radius 2 is 1.88 bits per heavy atom. The minimum absolute atomic E-state index is 0.0702. The van der Waals surface area contributed by atoms with Gasteiger partial charge in [0.25, 0.3) is 0 Å². The number of fused-ring (bicyclic) bond motifs is 1. The van der Waals surface area contributed by atoms with Crippen LogP contribution in [0.3, 0.4) is 0 Å². The first-order chi connectivity index (χ1) is 12.7. The number of nitrogens with zero attached hydrogens (tertiary/aromatic N) is 2. The number of carbonyl (C=O) groups excluding carboxylic acids is 1. The number of thioether (sulfide) groups is 1. The van der Waals surface area contributed by atoms with Crippen molar-refractivity contribution in [3.8, 4) is 0 Å². The number of carbonyl (C=O) groups is 1. The second-order valence-electron chi connectivity index (χ2n) is 6.44. The van der Waals surface area contributed by atoms with E-state index in [4.69, 9.17) is 4.98 Å². The highest BCUT2D eigenvalue weighted by molar-refractivity contribution is 7.98. The van der Waals surface area contributed by atoms with E-state index < -0.39 is 0 Å². The van der Waals surface area contributed by atoms with Gasteiger partial charge in [-0.2, -0.15) is 0 Å². The van der Waals surface area contributed by atoms with Gasteiger partial charge in [0.05, 0.1) is 10.2 Å². The largest absolute Gasteiger partial charge is 0.348 e. The summed E-state index contributed by atoms with van der Waals surface area (Å²) in [5.41, 5.74) is 1.93. The molecule has 26 heavy (non-hydrogen) atoms. The fourth-order valence-corrected chi connectivity index (χ4v) is 4.67. The summed E-state index contributed by atoms with van der Waals surface area (Å²) in [7, 11) is 0. The SMILES string of the molecule is CSc1ccc(NC(=O)C2CCN(c3nc4ccccc4s3)CC2)cc1. The molecule has 0 unspecified atom stereocenters. The van der Waals surface area contributed by atoms with Crippen molar-refractivity contribution in [1.82, 2.24) is 4.98 Å². The van der Waals surface area contributed by atoms with Crippen LogP contribution in [0.15, 0.2) is 53.4 Å². The van der Waals surface area contributed by atoms with Crippen molar-refractivity contribution in [3.63, 3.8) is 0 Å². The van der Waals surface area contributed by atoms with Crippen LogP contribution in [0.2, 0.25) is 0 Å². The predicted octanol–water partition coefficient (Wildman–Crippen LogP) is 4.87. The van der Waals surface area contributed by atoms with Crippen LogP contribution in [0, 0.1) is 5.92 Å². The molecule has 1 N–H and O–H groups in total. The number of anilines is 2. The van der Waals surface area contributed by atoms with Gasteiger partial charge in [0.2, 0.25) is 5.91 Å². The number of hydrogen-bond donors (Lipinski definition) is 1. The Bertz CT molecular complexity index is 866. The van der Waals surface area contributed by atoms with Crippen molar-refractivity contribution >= 4 is 50.0 Å². The summed E-state index contributed by atoms with van der Waals surface area (Å²) < 4.78 is 1.22. The molecule has 1 fully saturated rings. The average molecular weight is 384 g/mol. The Hall–Kier alpha value is -2.05. The predicted molar refractivity (Wildman–Crippen MR) is 111 cm³/mol. The lowest BCUT2D eigenvalue weighted by molar-refractivity contribution is -0.120. The van der Waals surface area contributed by atoms with Crippen LogP contribution in [0.1, 0.15) is 12.8 Å². The number of nitrogens with one attached hydrogen (secondary N) is 1. The van der Waals surface area contributed by atoms with E-state index in [1.165, 1.54) is 9.60 Å². The van der Waals surface area contributed by atoms with Crippen LogP contribution in [-0.2, 0) is 4.79 Å². The molecule has 6 heteroatoms. The van der Waals surface area contributed by atoms with Crippen molar-refractivity contribution in [2.24, 2.45) is 5.92 Å². The van der Waals surface area contributed by atoms with Gasteiger partial charge in [-0.1, -0.05) is 23.5 Å². The molecular formula is C20H21N3OS2. The fraction of sp³-hybridized carbons (Fsp3) is 0.300. The van der Waals surface area contributed by atoms with Crippen molar-refractivity contribution in [2.45, 2.75) is 17.7 Å². The lowest BCUT2D eigenvalue weighted by Crippen LogP contribution is -2.38. The maximum atomic E-state index is 12.6. The maximum absolute atomic E-state index is 12.6. The Kier molecular flexibility index (Phi) is 5.13. The van der Waals surface area contributed by atoms with E-state index >= 15 is 0 Å². The Labute approximate surface area is 161 Å². The summed E-state index contributed by atoms with van der Waals surface area (Å²) in [6.45, 7) is 1.76. The van der Waals surface area contributed by atoms with Gasteiger partial charge < -0.3 is 10.2 Å². The lowest BCUT2D eigenvalue weighted by Gasteiger charge is -2.31. The molecule has 0 saturated carbocycles. The molecule has 0 bridgehead atoms. The van der Waals surface area contributed by atoms with Crippen molar-refractivity contribution in [2.75, 3.05) is 29.6 Å². The van der Waals surface area contributed by atoms with Gasteiger partial charge in [-0.3, -0.25) is 4.79 Å². The van der Waals surface area contributed by atoms with E-state index in [9.17, 15) is 4.79 Å². The van der Waals surface area contributed by atoms with Crippen LogP contribution < -0.4 is 10.2 Å². The van der Waals surface area contributed by atoms with Crippen molar-refractivity contribution in [1.29, 1.82) is 0 Å². The molecule has 3 aromatic rings. The molecule has 1 amide bonds. The summed E-state index contributed by atoms with van der Waals surface area (Å²) in [4.78, 5) is 20.8. The van der Waals surface area contributed by atoms with E-state index in [2.05, 4.69) is 22.3 Å². The third kappa shape index (κ3) is 3.71. The standard InChI is InChI=1S/C20H21N3OS2/c1-25-16-8-6-15(7-9-16)21-19(24)14-10-12-23(13-11-14)20-22-17-4-2-3-5-18(17)26-20/h2-9,14H,10-13H2,1H3,(H,21,24). The molecule has 4 rings (SSSR count). The van der Waals surface area contributed by atoms with Gasteiger partial charge in [0, 0.05) is 29.6 Å². The molecule has 0 atom stereocenters. The average Bonchev–Trinajstić information content (AvgIpc) is 3.13. The number of hydrogen-bond acceptors (Lipinski definition) is 5. The second-order valence-corrected chi connectivity index (χ2v) is 8.33. The zero-order valence-corrected chi connectivity index (χ0v) is 16.3. The van der Waals surface area contributed by atoms with Gasteiger partial charge in [-0.05, 0) is 55.5 Å². The highest BCUT2D eigenvalue weighted by atomic mass is 32.2. The number of rotatable bonds is 4. The first-order valence-electron chi connectivity index (χ1n) is 8.78. The van der Waals surface area contributed by atoms with Gasteiger partial charge in [0.15, 0.2) is 5.13 Å². The van der Waals surface area contributed by atoms with Crippen LogP contribution in [0.25, 0.3) is 10.2 Å². The van der Waals surface area contributed by atoms with Gasteiger partial charge in [-0.15, -0.1) is 11.8 Å². The minimum Gasteiger partial charge on any atom is -0.348 e. The highest BCUT2D eigenvalue weighted by Crippen LogP contribution is 2.31. The first-order valence-corrected chi connectivity index (χ1v) is 10.8. The Balaban J connectivity index is 1.35. The van der Waals surface area contributed by atoms with E-state index in [0.29, 0.717) is 0 Å². The zero-order valence-electron chi connectivity index (χ0n) is 14.6. The molecule has 134 valence electrons. The Morgan fingerprint density at radius 3 is 2.58 bits per heavy atom. The van der Waals surface area contributed by atoms with E-state index in [1.54, 1.807) is 23.1 Å². The number of benzene rings is 2. The molecule has 0 radical (unpaired) electrons. The normalized spacial score (nSPS) is 15.3. The molecule has 4 nitrogen and oxygen atoms in total. The summed E-state index contributed by atoms with van der Waals surface area (Å²) in [6, 6.07) is 16.3. The molecular weight excluding hydrogens is 362 g/mol. The third-order valence-corrected chi connectivity index (χ3v) is 6.62. The molecule has 1 aliphatic rings. The van der Waals surface area contributed by atoms with E-state index in [0.717, 1.165) is 42.3 Å². The summed E-state index contributed by atoms with van der Waals surface area (Å²) in [5.74, 6) is 0.201. The number of amides is 1. The van der Waals surface area contributed by atoms with Crippen LogP contribution >= 0.6 is 23.1 Å². The third-order valence-electron chi connectivity index (χ3n) is 4.78. The smallest absolute Gasteiger partial charge is 0.227 e. The maximum Gasteiger partial charge on any atom is 0.227 e. The minimum atomic E-state index is 0.0702. The molecule has 1 saturated heterocycles.